The van der Waals surface area contributed by atoms with Crippen LogP contribution in [0.3, 0.4) is 0 Å². The summed E-state index contributed by atoms with van der Waals surface area (Å²) in [6, 6.07) is 46.5. The number of hydrogen-bond acceptors (Lipinski definition) is 3. The number of hydrogen-bond donors (Lipinski definition) is 0. The molecule has 0 radical (unpaired) electrons. The van der Waals surface area contributed by atoms with Gasteiger partial charge in [-0.05, 0) is 122 Å². The van der Waals surface area contributed by atoms with Gasteiger partial charge in [0, 0.05) is 54.1 Å². The van der Waals surface area contributed by atoms with Crippen LogP contribution in [0.15, 0.2) is 126 Å². The van der Waals surface area contributed by atoms with Crippen molar-refractivity contribution < 1.29 is 4.42 Å². The molecule has 0 fully saturated rings. The van der Waals surface area contributed by atoms with E-state index in [-0.39, 0.29) is 23.1 Å². The van der Waals surface area contributed by atoms with Gasteiger partial charge in [-0.2, -0.15) is 0 Å². The zero-order valence-electron chi connectivity index (χ0n) is 35.7. The van der Waals surface area contributed by atoms with Gasteiger partial charge in [0.15, 0.2) is 5.58 Å². The highest BCUT2D eigenvalue weighted by Gasteiger charge is 2.50. The van der Waals surface area contributed by atoms with Gasteiger partial charge < -0.3 is 13.8 Å². The van der Waals surface area contributed by atoms with Crippen LogP contribution in [0.4, 0.5) is 17.1 Å². The number of nitrogens with zero attached hydrogens (tertiary/aromatic N) is 2. The second-order valence-electron chi connectivity index (χ2n) is 20.3. The first-order valence-electron chi connectivity index (χ1n) is 22.1. The molecule has 0 saturated carbocycles. The zero-order valence-corrected chi connectivity index (χ0v) is 36.6. The van der Waals surface area contributed by atoms with Crippen molar-refractivity contribution >= 4 is 99.3 Å². The number of rotatable bonds is 1. The summed E-state index contributed by atoms with van der Waals surface area (Å²) in [5, 5.41) is 5.00. The molecule has 3 aromatic heterocycles. The lowest BCUT2D eigenvalue weighted by Gasteiger charge is -2.45. The van der Waals surface area contributed by atoms with Crippen LogP contribution in [-0.2, 0) is 16.2 Å². The first kappa shape index (κ1) is 34.7. The molecular weight excluding hydrogens is 760 g/mol. The molecule has 0 N–H and O–H groups in total. The Morgan fingerprint density at radius 1 is 0.607 bits per heavy atom. The number of thiophene rings is 1. The summed E-state index contributed by atoms with van der Waals surface area (Å²) in [5.41, 5.74) is 23.5. The molecule has 7 aromatic carbocycles. The molecular formula is C56H45BN2OS. The second-order valence-corrected chi connectivity index (χ2v) is 21.3. The molecule has 0 saturated heterocycles. The topological polar surface area (TPSA) is 21.3 Å². The summed E-state index contributed by atoms with van der Waals surface area (Å²) in [6.45, 7) is 17.0. The number of furan rings is 1. The summed E-state index contributed by atoms with van der Waals surface area (Å²) in [7, 11) is 0. The van der Waals surface area contributed by atoms with Gasteiger partial charge in [0.1, 0.15) is 5.58 Å². The van der Waals surface area contributed by atoms with Crippen molar-refractivity contribution in [1.82, 2.24) is 4.48 Å². The molecule has 2 aliphatic carbocycles. The van der Waals surface area contributed by atoms with E-state index in [2.05, 4.69) is 179 Å². The monoisotopic (exact) mass is 804 g/mol. The highest BCUT2D eigenvalue weighted by atomic mass is 32.1. The van der Waals surface area contributed by atoms with Gasteiger partial charge in [-0.15, -0.1) is 11.3 Å². The molecule has 3 nitrogen and oxygen atoms in total. The van der Waals surface area contributed by atoms with Crippen molar-refractivity contribution in [2.45, 2.75) is 77.6 Å². The Kier molecular flexibility index (Phi) is 6.29. The van der Waals surface area contributed by atoms with Crippen molar-refractivity contribution in [2.24, 2.45) is 0 Å². The molecule has 0 amide bonds. The minimum atomic E-state index is -0.207. The van der Waals surface area contributed by atoms with E-state index in [1.807, 2.05) is 11.3 Å². The fourth-order valence-electron chi connectivity index (χ4n) is 12.7. The highest BCUT2D eigenvalue weighted by molar-refractivity contribution is 7.26. The van der Waals surface area contributed by atoms with Crippen LogP contribution in [0, 0.1) is 6.92 Å². The molecule has 61 heavy (non-hydrogen) atoms. The summed E-state index contributed by atoms with van der Waals surface area (Å²) in [6.07, 6.45) is 2.36. The maximum absolute atomic E-state index is 6.92. The first-order chi connectivity index (χ1) is 29.4. The maximum Gasteiger partial charge on any atom is 0.333 e. The molecule has 4 aliphatic rings. The standard InChI is InChI=1S/C56H45BN2OS/c1-30-27-39-40(55(4,5)26-25-54(39,2)3)29-42(30)58-43-28-37-31-15-8-11-20-38(31)56(6,7)47(37)46-35-18-14-19-36-49(35)59(50-34-17-9-12-21-44(34)60-52(36)50)57(48(43)46)41-24-23-33-32-16-10-13-22-45(32)61-53(33)51(41)58/h8-24,27-29H,25-26H2,1-7H3. The predicted molar refractivity (Wildman–Crippen MR) is 260 cm³/mol. The smallest absolute Gasteiger partial charge is 0.333 e. The number of aromatic nitrogens is 1. The molecule has 5 heterocycles. The Hall–Kier alpha value is -6.04. The van der Waals surface area contributed by atoms with Crippen molar-refractivity contribution in [2.75, 3.05) is 4.90 Å². The Morgan fingerprint density at radius 2 is 1.31 bits per heavy atom. The molecule has 14 rings (SSSR count). The third-order valence-corrected chi connectivity index (χ3v) is 16.9. The van der Waals surface area contributed by atoms with Crippen LogP contribution in [0.25, 0.3) is 75.4 Å². The van der Waals surface area contributed by atoms with Gasteiger partial charge in [-0.25, -0.2) is 0 Å². The van der Waals surface area contributed by atoms with E-state index in [1.54, 1.807) is 0 Å². The zero-order chi connectivity index (χ0) is 41.1. The minimum Gasteiger partial charge on any atom is -0.454 e. The quantitative estimate of drug-likeness (QED) is 0.154. The number of benzene rings is 7. The molecule has 2 aliphatic heterocycles. The Labute approximate surface area is 360 Å². The summed E-state index contributed by atoms with van der Waals surface area (Å²) >= 11 is 1.95. The van der Waals surface area contributed by atoms with Crippen LogP contribution in [0.1, 0.15) is 82.2 Å². The molecule has 294 valence electrons. The van der Waals surface area contributed by atoms with Gasteiger partial charge in [0.2, 0.25) is 0 Å². The van der Waals surface area contributed by atoms with E-state index in [1.165, 1.54) is 133 Å². The van der Waals surface area contributed by atoms with Crippen LogP contribution < -0.4 is 15.8 Å². The average molecular weight is 805 g/mol. The molecule has 0 atom stereocenters. The fraction of sp³-hybridized carbons (Fsp3) is 0.214. The molecule has 0 bridgehead atoms. The highest BCUT2D eigenvalue weighted by Crippen LogP contribution is 2.59. The normalized spacial score (nSPS) is 17.3. The predicted octanol–water partition coefficient (Wildman–Crippen LogP) is 14.3. The van der Waals surface area contributed by atoms with Gasteiger partial charge in [-0.3, -0.25) is 0 Å². The number of fused-ring (bicyclic) bond motifs is 18. The van der Waals surface area contributed by atoms with Crippen molar-refractivity contribution in [3.63, 3.8) is 0 Å². The van der Waals surface area contributed by atoms with Gasteiger partial charge in [0.05, 0.1) is 15.9 Å². The number of para-hydroxylation sites is 2. The number of aryl methyl sites for hydroxylation is 1. The van der Waals surface area contributed by atoms with E-state index in [0.29, 0.717) is 0 Å². The largest absolute Gasteiger partial charge is 0.454 e. The summed E-state index contributed by atoms with van der Waals surface area (Å²) < 4.78 is 12.3. The van der Waals surface area contributed by atoms with Crippen LogP contribution in [0.2, 0.25) is 0 Å². The van der Waals surface area contributed by atoms with E-state index in [9.17, 15) is 0 Å². The van der Waals surface area contributed by atoms with Gasteiger partial charge in [0.25, 0.3) is 0 Å². The van der Waals surface area contributed by atoms with Crippen LogP contribution >= 0.6 is 11.3 Å². The fourth-order valence-corrected chi connectivity index (χ4v) is 13.9. The van der Waals surface area contributed by atoms with Crippen molar-refractivity contribution in [3.05, 3.63) is 149 Å². The lowest BCUT2D eigenvalue weighted by atomic mass is 9.44. The molecule has 0 spiro atoms. The minimum absolute atomic E-state index is 0.0576. The molecule has 5 heteroatoms. The number of anilines is 3. The lowest BCUT2D eigenvalue weighted by molar-refractivity contribution is 0.332. The van der Waals surface area contributed by atoms with Gasteiger partial charge in [-0.1, -0.05) is 126 Å². The first-order valence-corrected chi connectivity index (χ1v) is 22.9. The Bertz CT molecular complexity index is 3670. The van der Waals surface area contributed by atoms with E-state index in [0.717, 1.165) is 11.2 Å². The third-order valence-electron chi connectivity index (χ3n) is 15.7. The van der Waals surface area contributed by atoms with E-state index < -0.39 is 0 Å². The maximum atomic E-state index is 6.92. The van der Waals surface area contributed by atoms with Crippen LogP contribution in [0.5, 0.6) is 0 Å². The SMILES string of the molecule is Cc1cc2c(cc1N1c3cc4c(c5c3B(c3ccc6c(sc7ccccc76)c31)n1c3c-5cccc3c3oc5ccccc5c31)C(C)(C)c1ccccc1-4)C(C)(C)CCC2(C)C. The van der Waals surface area contributed by atoms with Crippen molar-refractivity contribution in [1.29, 1.82) is 0 Å². The second kappa shape index (κ2) is 11.1. The summed E-state index contributed by atoms with van der Waals surface area (Å²) in [4.78, 5) is 2.74. The van der Waals surface area contributed by atoms with Crippen LogP contribution in [-0.4, -0.2) is 11.3 Å². The third kappa shape index (κ3) is 4.08. The molecule has 10 aromatic rings. The van der Waals surface area contributed by atoms with E-state index in [4.69, 9.17) is 4.42 Å². The van der Waals surface area contributed by atoms with Gasteiger partial charge >= 0.3 is 6.85 Å². The average Bonchev–Trinajstić information content (AvgIpc) is 3.98. The molecule has 0 unspecified atom stereocenters. The van der Waals surface area contributed by atoms with Crippen molar-refractivity contribution in [3.8, 4) is 22.3 Å². The van der Waals surface area contributed by atoms with E-state index >= 15 is 0 Å². The summed E-state index contributed by atoms with van der Waals surface area (Å²) in [5.74, 6) is 0. The Morgan fingerprint density at radius 3 is 2.15 bits per heavy atom. The lowest BCUT2D eigenvalue weighted by Crippen LogP contribution is -2.57. The Balaban J connectivity index is 1.22.